The molecule has 0 amide bonds. The van der Waals surface area contributed by atoms with E-state index in [-0.39, 0.29) is 0 Å². The molecule has 1 aromatic rings. The number of nitrogens with one attached hydrogen (secondary N) is 1. The van der Waals surface area contributed by atoms with Crippen LogP contribution in [0.3, 0.4) is 0 Å². The maximum Gasteiger partial charge on any atom is 0.226 e. The highest BCUT2D eigenvalue weighted by Crippen LogP contribution is 2.23. The van der Waals surface area contributed by atoms with Gasteiger partial charge in [-0.25, -0.2) is 9.97 Å². The second-order valence-electron chi connectivity index (χ2n) is 4.37. The van der Waals surface area contributed by atoms with Crippen LogP contribution in [0.25, 0.3) is 6.08 Å². The fourth-order valence-electron chi connectivity index (χ4n) is 1.93. The minimum absolute atomic E-state index is 0.422. The van der Waals surface area contributed by atoms with E-state index in [0.717, 1.165) is 23.3 Å². The molecule has 0 aromatic carbocycles. The summed E-state index contributed by atoms with van der Waals surface area (Å²) in [6.45, 7) is 4.20. The number of allylic oxidation sites excluding steroid dienone is 3. The van der Waals surface area contributed by atoms with E-state index in [1.807, 2.05) is 24.3 Å². The summed E-state index contributed by atoms with van der Waals surface area (Å²) >= 11 is 0. The molecule has 5 nitrogen and oxygen atoms in total. The van der Waals surface area contributed by atoms with Gasteiger partial charge in [-0.05, 0) is 11.6 Å². The molecule has 0 fully saturated rings. The average Bonchev–Trinajstić information content (AvgIpc) is 2.77. The number of methoxy groups -OCH3 is 1. The molecular weight excluding hydrogens is 266 g/mol. The molecule has 110 valence electrons. The predicted molar refractivity (Wildman–Crippen MR) is 84.1 cm³/mol. The van der Waals surface area contributed by atoms with Crippen molar-refractivity contribution in [3.05, 3.63) is 54.1 Å². The maximum absolute atomic E-state index is 5.78. The first-order valence-electron chi connectivity index (χ1n) is 6.66. The Morgan fingerprint density at radius 2 is 2.24 bits per heavy atom. The van der Waals surface area contributed by atoms with E-state index in [1.54, 1.807) is 20.2 Å². The lowest BCUT2D eigenvalue weighted by Crippen LogP contribution is -2.05. The summed E-state index contributed by atoms with van der Waals surface area (Å²) in [4.78, 5) is 8.29. The average molecular weight is 285 g/mol. The number of ether oxygens (including phenoxy) is 2. The molecule has 0 radical (unpaired) electrons. The van der Waals surface area contributed by atoms with Gasteiger partial charge in [-0.2, -0.15) is 0 Å². The van der Waals surface area contributed by atoms with Gasteiger partial charge in [0.05, 0.1) is 18.4 Å². The van der Waals surface area contributed by atoms with Crippen LogP contribution in [0.5, 0.6) is 5.88 Å². The Morgan fingerprint density at radius 3 is 2.95 bits per heavy atom. The first-order valence-corrected chi connectivity index (χ1v) is 6.66. The molecule has 0 bridgehead atoms. The Balaban J connectivity index is 2.12. The summed E-state index contributed by atoms with van der Waals surface area (Å²) in [6.07, 6.45) is 11.9. The van der Waals surface area contributed by atoms with Gasteiger partial charge in [0.25, 0.3) is 0 Å². The highest BCUT2D eigenvalue weighted by molar-refractivity contribution is 5.65. The first-order chi connectivity index (χ1) is 10.3. The Kier molecular flexibility index (Phi) is 5.15. The lowest BCUT2D eigenvalue weighted by Gasteiger charge is -2.10. The fourth-order valence-corrected chi connectivity index (χ4v) is 1.93. The van der Waals surface area contributed by atoms with Crippen LogP contribution in [0.1, 0.15) is 12.0 Å². The standard InChI is InChI=1S/C16H19N3O2/c1-4-14-15(17-2)18-11-19-16(14)21-10-12-6-5-7-13(20-3)9-8-12/h4-6,8-9,11H,1,7,10H2,2-3H3,(H,17,18,19). The van der Waals surface area contributed by atoms with Crippen molar-refractivity contribution in [1.29, 1.82) is 0 Å². The third kappa shape index (κ3) is 3.72. The molecule has 1 N–H and O–H groups in total. The maximum atomic E-state index is 5.78. The topological polar surface area (TPSA) is 56.3 Å². The highest BCUT2D eigenvalue weighted by atomic mass is 16.5. The van der Waals surface area contributed by atoms with Crippen LogP contribution in [-0.2, 0) is 4.74 Å². The van der Waals surface area contributed by atoms with Crippen LogP contribution in [0, 0.1) is 0 Å². The number of aromatic nitrogens is 2. The van der Waals surface area contributed by atoms with Gasteiger partial charge < -0.3 is 14.8 Å². The molecular formula is C16H19N3O2. The summed E-state index contributed by atoms with van der Waals surface area (Å²) in [5, 5.41) is 2.99. The molecule has 0 saturated heterocycles. The van der Waals surface area contributed by atoms with Crippen molar-refractivity contribution in [1.82, 2.24) is 9.97 Å². The highest BCUT2D eigenvalue weighted by Gasteiger charge is 2.09. The van der Waals surface area contributed by atoms with Gasteiger partial charge in [0, 0.05) is 13.5 Å². The number of nitrogens with zero attached hydrogens (tertiary/aromatic N) is 2. The smallest absolute Gasteiger partial charge is 0.226 e. The number of hydrogen-bond donors (Lipinski definition) is 1. The van der Waals surface area contributed by atoms with Crippen LogP contribution in [0.15, 0.2) is 48.5 Å². The lowest BCUT2D eigenvalue weighted by molar-refractivity contribution is 0.285. The van der Waals surface area contributed by atoms with Crippen LogP contribution in [-0.4, -0.2) is 30.7 Å². The molecule has 0 spiro atoms. The quantitative estimate of drug-likeness (QED) is 0.871. The van der Waals surface area contributed by atoms with Gasteiger partial charge in [-0.3, -0.25) is 0 Å². The molecule has 0 atom stereocenters. The number of anilines is 1. The molecule has 1 aromatic heterocycles. The normalized spacial score (nSPS) is 13.8. The molecule has 0 unspecified atom stereocenters. The lowest BCUT2D eigenvalue weighted by atomic mass is 10.2. The molecule has 1 aliphatic rings. The van der Waals surface area contributed by atoms with E-state index >= 15 is 0 Å². The molecule has 21 heavy (non-hydrogen) atoms. The third-order valence-electron chi connectivity index (χ3n) is 3.06. The Bertz CT molecular complexity index is 604. The van der Waals surface area contributed by atoms with Crippen LogP contribution in [0.4, 0.5) is 5.82 Å². The third-order valence-corrected chi connectivity index (χ3v) is 3.06. The minimum atomic E-state index is 0.422. The van der Waals surface area contributed by atoms with Crippen LogP contribution in [0.2, 0.25) is 0 Å². The molecule has 0 aliphatic heterocycles. The Morgan fingerprint density at radius 1 is 1.38 bits per heavy atom. The predicted octanol–water partition coefficient (Wildman–Crippen LogP) is 2.96. The monoisotopic (exact) mass is 285 g/mol. The zero-order valence-electron chi connectivity index (χ0n) is 12.3. The van der Waals surface area contributed by atoms with Crippen molar-refractivity contribution in [2.24, 2.45) is 0 Å². The number of hydrogen-bond acceptors (Lipinski definition) is 5. The zero-order valence-corrected chi connectivity index (χ0v) is 12.3. The van der Waals surface area contributed by atoms with E-state index in [9.17, 15) is 0 Å². The minimum Gasteiger partial charge on any atom is -0.501 e. The van der Waals surface area contributed by atoms with E-state index in [1.165, 1.54) is 6.33 Å². The van der Waals surface area contributed by atoms with Crippen molar-refractivity contribution in [3.63, 3.8) is 0 Å². The van der Waals surface area contributed by atoms with E-state index < -0.39 is 0 Å². The van der Waals surface area contributed by atoms with Crippen LogP contribution >= 0.6 is 0 Å². The second-order valence-corrected chi connectivity index (χ2v) is 4.37. The zero-order chi connectivity index (χ0) is 15.1. The van der Waals surface area contributed by atoms with Gasteiger partial charge in [0.1, 0.15) is 18.8 Å². The van der Waals surface area contributed by atoms with Crippen molar-refractivity contribution >= 4 is 11.9 Å². The second kappa shape index (κ2) is 7.28. The molecule has 0 saturated carbocycles. The summed E-state index contributed by atoms with van der Waals surface area (Å²) in [6, 6.07) is 0. The first kappa shape index (κ1) is 14.8. The van der Waals surface area contributed by atoms with Gasteiger partial charge in [-0.15, -0.1) is 0 Å². The molecule has 1 aliphatic carbocycles. The Hall–Kier alpha value is -2.56. The van der Waals surface area contributed by atoms with Gasteiger partial charge in [0.15, 0.2) is 0 Å². The van der Waals surface area contributed by atoms with Crippen molar-refractivity contribution in [3.8, 4) is 5.88 Å². The summed E-state index contributed by atoms with van der Waals surface area (Å²) < 4.78 is 11.0. The van der Waals surface area contributed by atoms with Gasteiger partial charge >= 0.3 is 0 Å². The van der Waals surface area contributed by atoms with E-state index in [0.29, 0.717) is 18.3 Å². The summed E-state index contributed by atoms with van der Waals surface area (Å²) in [5.74, 6) is 2.13. The summed E-state index contributed by atoms with van der Waals surface area (Å²) in [5.41, 5.74) is 1.80. The largest absolute Gasteiger partial charge is 0.501 e. The molecule has 5 heteroatoms. The fraction of sp³-hybridized carbons (Fsp3) is 0.250. The van der Waals surface area contributed by atoms with Crippen molar-refractivity contribution < 1.29 is 9.47 Å². The number of rotatable bonds is 6. The Labute approximate surface area is 124 Å². The SMILES string of the molecule is C=Cc1c(NC)ncnc1OCC1=CC=C(OC)CC=C1. The van der Waals surface area contributed by atoms with Crippen molar-refractivity contribution in [2.75, 3.05) is 26.1 Å². The van der Waals surface area contributed by atoms with E-state index in [4.69, 9.17) is 9.47 Å². The van der Waals surface area contributed by atoms with Crippen LogP contribution < -0.4 is 10.1 Å². The van der Waals surface area contributed by atoms with Gasteiger partial charge in [-0.1, -0.05) is 30.9 Å². The summed E-state index contributed by atoms with van der Waals surface area (Å²) in [7, 11) is 3.47. The molecule has 2 rings (SSSR count). The van der Waals surface area contributed by atoms with Gasteiger partial charge in [0.2, 0.25) is 5.88 Å². The van der Waals surface area contributed by atoms with E-state index in [2.05, 4.69) is 21.9 Å². The molecule has 1 heterocycles. The van der Waals surface area contributed by atoms with Crippen molar-refractivity contribution in [2.45, 2.75) is 6.42 Å².